The van der Waals surface area contributed by atoms with Crippen LogP contribution in [0.25, 0.3) is 0 Å². The second kappa shape index (κ2) is 5.50. The Morgan fingerprint density at radius 1 is 1.33 bits per heavy atom. The number of rotatable bonds is 3. The summed E-state index contributed by atoms with van der Waals surface area (Å²) in [6, 6.07) is 0.00592. The lowest BCUT2D eigenvalue weighted by atomic mass is 9.80. The predicted molar refractivity (Wildman–Crippen MR) is 62.4 cm³/mol. The van der Waals surface area contributed by atoms with Gasteiger partial charge in [-0.2, -0.15) is 0 Å². The van der Waals surface area contributed by atoms with E-state index in [-0.39, 0.29) is 11.9 Å². The van der Waals surface area contributed by atoms with Crippen molar-refractivity contribution in [3.63, 3.8) is 0 Å². The minimum atomic E-state index is -0.336. The Morgan fingerprint density at radius 2 is 1.87 bits per heavy atom. The molecule has 1 saturated carbocycles. The minimum absolute atomic E-state index is 0.0174. The van der Waals surface area contributed by atoms with E-state index in [9.17, 15) is 4.79 Å². The molecular weight excluding hydrogens is 188 g/mol. The molecule has 0 radical (unpaired) electrons. The van der Waals surface area contributed by atoms with Crippen molar-refractivity contribution in [1.29, 1.82) is 0 Å². The van der Waals surface area contributed by atoms with Gasteiger partial charge in [0.05, 0.1) is 6.04 Å². The molecule has 0 heterocycles. The number of hydrogen-bond acceptors (Lipinski definition) is 2. The lowest BCUT2D eigenvalue weighted by Crippen LogP contribution is -2.47. The summed E-state index contributed by atoms with van der Waals surface area (Å²) in [5.41, 5.74) is 5.69. The zero-order valence-electron chi connectivity index (χ0n) is 10.1. The van der Waals surface area contributed by atoms with E-state index in [0.717, 1.165) is 24.7 Å². The Labute approximate surface area is 92.8 Å². The fraction of sp³-hybridized carbons (Fsp3) is 0.917. The molecule has 0 aromatic carbocycles. The molecule has 1 amide bonds. The lowest BCUT2D eigenvalue weighted by Gasteiger charge is -2.32. The van der Waals surface area contributed by atoms with Crippen molar-refractivity contribution in [3.05, 3.63) is 0 Å². The molecule has 88 valence electrons. The summed E-state index contributed by atoms with van der Waals surface area (Å²) >= 11 is 0. The molecule has 0 spiro atoms. The van der Waals surface area contributed by atoms with Crippen LogP contribution in [0.3, 0.4) is 0 Å². The first-order valence-corrected chi connectivity index (χ1v) is 6.08. The van der Waals surface area contributed by atoms with Crippen LogP contribution in [-0.2, 0) is 4.79 Å². The Hall–Kier alpha value is -0.570. The van der Waals surface area contributed by atoms with E-state index in [2.05, 4.69) is 19.2 Å². The van der Waals surface area contributed by atoms with Crippen LogP contribution in [0.2, 0.25) is 0 Å². The summed E-state index contributed by atoms with van der Waals surface area (Å²) in [5.74, 6) is 1.46. The Kier molecular flexibility index (Phi) is 4.58. The maximum Gasteiger partial charge on any atom is 0.237 e. The van der Waals surface area contributed by atoms with Gasteiger partial charge in [-0.1, -0.05) is 20.8 Å². The number of nitrogens with one attached hydrogen (secondary N) is 1. The van der Waals surface area contributed by atoms with Crippen LogP contribution < -0.4 is 11.1 Å². The first-order valence-electron chi connectivity index (χ1n) is 6.08. The highest BCUT2D eigenvalue weighted by atomic mass is 16.2. The fourth-order valence-corrected chi connectivity index (χ4v) is 2.56. The summed E-state index contributed by atoms with van der Waals surface area (Å²) in [6.45, 7) is 6.46. The summed E-state index contributed by atoms with van der Waals surface area (Å²) < 4.78 is 0. The van der Waals surface area contributed by atoms with Gasteiger partial charge in [-0.3, -0.25) is 4.79 Å². The molecule has 1 aliphatic rings. The predicted octanol–water partition coefficient (Wildman–Crippen LogP) is 1.66. The highest BCUT2D eigenvalue weighted by Crippen LogP contribution is 2.28. The largest absolute Gasteiger partial charge is 0.352 e. The molecule has 0 bridgehead atoms. The van der Waals surface area contributed by atoms with Gasteiger partial charge in [0.15, 0.2) is 0 Å². The molecule has 3 atom stereocenters. The zero-order valence-corrected chi connectivity index (χ0v) is 10.1. The molecule has 1 aliphatic carbocycles. The van der Waals surface area contributed by atoms with Crippen LogP contribution >= 0.6 is 0 Å². The second-order valence-electron chi connectivity index (χ2n) is 5.14. The average Bonchev–Trinajstić information content (AvgIpc) is 2.14. The third-order valence-electron chi connectivity index (χ3n) is 3.30. The fourth-order valence-electron chi connectivity index (χ4n) is 2.56. The third-order valence-corrected chi connectivity index (χ3v) is 3.30. The van der Waals surface area contributed by atoms with Crippen molar-refractivity contribution < 1.29 is 4.79 Å². The van der Waals surface area contributed by atoms with Crippen LogP contribution in [0.1, 0.15) is 46.5 Å². The maximum atomic E-state index is 11.6. The SMILES string of the molecule is CCC(N)C(=O)NC1CC(C)CC(C)C1. The molecular formula is C12H24N2O. The topological polar surface area (TPSA) is 55.1 Å². The molecule has 0 aliphatic heterocycles. The molecule has 0 aromatic heterocycles. The van der Waals surface area contributed by atoms with Crippen molar-refractivity contribution in [2.24, 2.45) is 17.6 Å². The molecule has 3 nitrogen and oxygen atoms in total. The lowest BCUT2D eigenvalue weighted by molar-refractivity contribution is -0.123. The van der Waals surface area contributed by atoms with Crippen LogP contribution in [0, 0.1) is 11.8 Å². The number of carbonyl (C=O) groups is 1. The summed E-state index contributed by atoms with van der Waals surface area (Å²) in [6.07, 6.45) is 4.20. The Morgan fingerprint density at radius 3 is 2.33 bits per heavy atom. The van der Waals surface area contributed by atoms with Gasteiger partial charge in [0.25, 0.3) is 0 Å². The highest BCUT2D eigenvalue weighted by molar-refractivity contribution is 5.81. The summed E-state index contributed by atoms with van der Waals surface area (Å²) in [5, 5.41) is 3.07. The van der Waals surface area contributed by atoms with Crippen LogP contribution in [-0.4, -0.2) is 18.0 Å². The van der Waals surface area contributed by atoms with Crippen molar-refractivity contribution in [2.45, 2.75) is 58.5 Å². The summed E-state index contributed by atoms with van der Waals surface area (Å²) in [7, 11) is 0. The van der Waals surface area contributed by atoms with E-state index in [4.69, 9.17) is 5.73 Å². The van der Waals surface area contributed by atoms with E-state index in [1.807, 2.05) is 6.92 Å². The van der Waals surface area contributed by atoms with Gasteiger partial charge in [-0.05, 0) is 37.5 Å². The minimum Gasteiger partial charge on any atom is -0.352 e. The van der Waals surface area contributed by atoms with Crippen molar-refractivity contribution >= 4 is 5.91 Å². The molecule has 3 heteroatoms. The summed E-state index contributed by atoms with van der Waals surface area (Å²) in [4.78, 5) is 11.6. The van der Waals surface area contributed by atoms with Crippen LogP contribution in [0.15, 0.2) is 0 Å². The smallest absolute Gasteiger partial charge is 0.237 e. The quantitative estimate of drug-likeness (QED) is 0.747. The number of amides is 1. The first-order chi connectivity index (χ1) is 7.02. The highest BCUT2D eigenvalue weighted by Gasteiger charge is 2.25. The Balaban J connectivity index is 2.40. The number of hydrogen-bond donors (Lipinski definition) is 2. The molecule has 0 aromatic rings. The van der Waals surface area contributed by atoms with Crippen molar-refractivity contribution in [2.75, 3.05) is 0 Å². The van der Waals surface area contributed by atoms with Gasteiger partial charge in [0, 0.05) is 6.04 Å². The molecule has 1 rings (SSSR count). The van der Waals surface area contributed by atoms with E-state index in [0.29, 0.717) is 12.5 Å². The molecule has 1 fully saturated rings. The van der Waals surface area contributed by atoms with Gasteiger partial charge >= 0.3 is 0 Å². The maximum absolute atomic E-state index is 11.6. The van der Waals surface area contributed by atoms with Crippen molar-refractivity contribution in [3.8, 4) is 0 Å². The molecule has 3 N–H and O–H groups in total. The standard InChI is InChI=1S/C12H24N2O/c1-4-11(13)12(15)14-10-6-8(2)5-9(3)7-10/h8-11H,4-7,13H2,1-3H3,(H,14,15). The Bertz CT molecular complexity index is 208. The monoisotopic (exact) mass is 212 g/mol. The molecule has 15 heavy (non-hydrogen) atoms. The number of nitrogens with two attached hydrogens (primary N) is 1. The molecule has 3 unspecified atom stereocenters. The van der Waals surface area contributed by atoms with E-state index in [1.165, 1.54) is 6.42 Å². The van der Waals surface area contributed by atoms with Gasteiger partial charge < -0.3 is 11.1 Å². The average molecular weight is 212 g/mol. The van der Waals surface area contributed by atoms with Gasteiger partial charge in [-0.15, -0.1) is 0 Å². The van der Waals surface area contributed by atoms with Crippen LogP contribution in [0.5, 0.6) is 0 Å². The normalized spacial score (nSPS) is 33.5. The van der Waals surface area contributed by atoms with E-state index >= 15 is 0 Å². The third kappa shape index (κ3) is 3.82. The zero-order chi connectivity index (χ0) is 11.4. The van der Waals surface area contributed by atoms with E-state index < -0.39 is 0 Å². The van der Waals surface area contributed by atoms with Crippen molar-refractivity contribution in [1.82, 2.24) is 5.32 Å². The van der Waals surface area contributed by atoms with Gasteiger partial charge in [0.1, 0.15) is 0 Å². The first kappa shape index (κ1) is 12.5. The van der Waals surface area contributed by atoms with Crippen LogP contribution in [0.4, 0.5) is 0 Å². The van der Waals surface area contributed by atoms with E-state index in [1.54, 1.807) is 0 Å². The van der Waals surface area contributed by atoms with Gasteiger partial charge in [0.2, 0.25) is 5.91 Å². The van der Waals surface area contributed by atoms with Gasteiger partial charge in [-0.25, -0.2) is 0 Å². The second-order valence-corrected chi connectivity index (χ2v) is 5.14. The number of carbonyl (C=O) groups excluding carboxylic acids is 1. The molecule has 0 saturated heterocycles.